The van der Waals surface area contributed by atoms with Gasteiger partial charge in [-0.2, -0.15) is 0 Å². The minimum atomic E-state index is -1.97. The average molecular weight is 448 g/mol. The summed E-state index contributed by atoms with van der Waals surface area (Å²) in [6.07, 6.45) is 3.84. The fourth-order valence-corrected chi connectivity index (χ4v) is 4.89. The maximum atomic E-state index is 12.8. The van der Waals surface area contributed by atoms with E-state index in [1.807, 2.05) is 36.4 Å². The number of benzene rings is 2. The summed E-state index contributed by atoms with van der Waals surface area (Å²) in [6, 6.07) is 11.6. The summed E-state index contributed by atoms with van der Waals surface area (Å²) in [5.74, 6) is 7.24. The normalized spacial score (nSPS) is 15.5. The van der Waals surface area contributed by atoms with Crippen molar-refractivity contribution in [2.75, 3.05) is 19.6 Å². The van der Waals surface area contributed by atoms with Crippen LogP contribution in [0.3, 0.4) is 0 Å². The van der Waals surface area contributed by atoms with E-state index in [4.69, 9.17) is 8.84 Å². The fraction of sp³-hybridized carbons (Fsp3) is 0.444. The summed E-state index contributed by atoms with van der Waals surface area (Å²) < 4.78 is 12.1. The molecule has 4 rings (SSSR count). The Kier molecular flexibility index (Phi) is 6.20. The number of rotatable bonds is 3. The smallest absolute Gasteiger partial charge is 0.344 e. The maximum Gasteiger partial charge on any atom is 0.344 e. The summed E-state index contributed by atoms with van der Waals surface area (Å²) in [4.78, 5) is 15.2. The second-order valence-electron chi connectivity index (χ2n) is 10.3. The van der Waals surface area contributed by atoms with Gasteiger partial charge in [0.15, 0.2) is 0 Å². The topological polar surface area (TPSA) is 42.7 Å². The number of hydrogen-bond donors (Lipinski definition) is 0. The van der Waals surface area contributed by atoms with Crippen LogP contribution in [0.1, 0.15) is 45.6 Å². The van der Waals surface area contributed by atoms with Crippen LogP contribution < -0.4 is 10.1 Å². The van der Waals surface area contributed by atoms with Gasteiger partial charge in [-0.15, -0.1) is 0 Å². The zero-order chi connectivity index (χ0) is 22.9. The Morgan fingerprint density at radius 3 is 2.44 bits per heavy atom. The van der Waals surface area contributed by atoms with Crippen molar-refractivity contribution in [3.63, 3.8) is 0 Å². The van der Waals surface area contributed by atoms with Crippen LogP contribution in [0.4, 0.5) is 0 Å². The molecule has 0 spiro atoms. The molecule has 0 unspecified atom stereocenters. The average Bonchev–Trinajstić information content (AvgIpc) is 2.73. The largest absolute Gasteiger partial charge is 0.543 e. The molecule has 0 atom stereocenters. The molecule has 0 radical (unpaired) electrons. The summed E-state index contributed by atoms with van der Waals surface area (Å²) in [6.45, 7) is 14.1. The Morgan fingerprint density at radius 2 is 1.72 bits per heavy atom. The molecule has 1 fully saturated rings. The van der Waals surface area contributed by atoms with Crippen LogP contribution in [0, 0.1) is 11.8 Å². The lowest BCUT2D eigenvalue weighted by Crippen LogP contribution is -2.43. The first-order valence-corrected chi connectivity index (χ1v) is 14.5. The number of hydrogen-bond acceptors (Lipinski definition) is 4. The third-order valence-corrected chi connectivity index (χ3v) is 11.2. The SMILES string of the molecule is CC(C)(C)[Si](C)(C)Oc1ccc2c(c1)oc(=O)c1cc(C#CCN3CCCCC3)ccc12. The Bertz CT molecular complexity index is 1250. The van der Waals surface area contributed by atoms with Gasteiger partial charge in [-0.1, -0.05) is 45.1 Å². The van der Waals surface area contributed by atoms with E-state index < -0.39 is 8.32 Å². The molecule has 1 aliphatic heterocycles. The van der Waals surface area contributed by atoms with Gasteiger partial charge in [0.05, 0.1) is 11.9 Å². The van der Waals surface area contributed by atoms with Crippen molar-refractivity contribution in [3.8, 4) is 17.6 Å². The highest BCUT2D eigenvalue weighted by atomic mass is 28.4. The number of likely N-dealkylation sites (tertiary alicyclic amines) is 1. The lowest BCUT2D eigenvalue weighted by Gasteiger charge is -2.36. The predicted octanol–water partition coefficient (Wildman–Crippen LogP) is 6.17. The molecular formula is C27H33NO3Si. The Labute approximate surface area is 191 Å². The van der Waals surface area contributed by atoms with Crippen LogP contribution in [-0.2, 0) is 0 Å². The van der Waals surface area contributed by atoms with Crippen molar-refractivity contribution >= 4 is 30.1 Å². The summed E-state index contributed by atoms with van der Waals surface area (Å²) in [5, 5.41) is 2.46. The quantitative estimate of drug-likeness (QED) is 0.208. The van der Waals surface area contributed by atoms with Gasteiger partial charge in [0.25, 0.3) is 0 Å². The summed E-state index contributed by atoms with van der Waals surface area (Å²) in [7, 11) is -1.97. The second-order valence-corrected chi connectivity index (χ2v) is 15.0. The zero-order valence-corrected chi connectivity index (χ0v) is 20.9. The fourth-order valence-electron chi connectivity index (χ4n) is 3.87. The van der Waals surface area contributed by atoms with Gasteiger partial charge in [0.2, 0.25) is 8.32 Å². The van der Waals surface area contributed by atoms with E-state index in [-0.39, 0.29) is 10.7 Å². The van der Waals surface area contributed by atoms with Gasteiger partial charge >= 0.3 is 5.63 Å². The molecule has 5 heteroatoms. The highest BCUT2D eigenvalue weighted by molar-refractivity contribution is 6.74. The molecule has 32 heavy (non-hydrogen) atoms. The van der Waals surface area contributed by atoms with Crippen molar-refractivity contribution in [2.24, 2.45) is 0 Å². The van der Waals surface area contributed by atoms with Crippen molar-refractivity contribution in [1.82, 2.24) is 4.90 Å². The third kappa shape index (κ3) is 4.77. The van der Waals surface area contributed by atoms with Crippen LogP contribution in [0.15, 0.2) is 45.6 Å². The van der Waals surface area contributed by atoms with Crippen LogP contribution >= 0.6 is 0 Å². The molecule has 1 aliphatic rings. The molecule has 0 bridgehead atoms. The molecule has 0 saturated carbocycles. The maximum absolute atomic E-state index is 12.8. The number of fused-ring (bicyclic) bond motifs is 3. The molecule has 4 nitrogen and oxygen atoms in total. The zero-order valence-electron chi connectivity index (χ0n) is 19.9. The molecule has 1 aromatic heterocycles. The van der Waals surface area contributed by atoms with E-state index in [1.165, 1.54) is 19.3 Å². The monoisotopic (exact) mass is 447 g/mol. The van der Waals surface area contributed by atoms with Crippen molar-refractivity contribution in [3.05, 3.63) is 52.4 Å². The van der Waals surface area contributed by atoms with Crippen LogP contribution in [0.5, 0.6) is 5.75 Å². The minimum absolute atomic E-state index is 0.0949. The molecule has 1 saturated heterocycles. The summed E-state index contributed by atoms with van der Waals surface area (Å²) >= 11 is 0. The molecular weight excluding hydrogens is 414 g/mol. The summed E-state index contributed by atoms with van der Waals surface area (Å²) in [5.41, 5.74) is 1.07. The molecule has 3 aromatic rings. The second kappa shape index (κ2) is 8.76. The number of nitrogens with zero attached hydrogens (tertiary/aromatic N) is 1. The van der Waals surface area contributed by atoms with E-state index in [0.29, 0.717) is 11.0 Å². The van der Waals surface area contributed by atoms with Gasteiger partial charge < -0.3 is 8.84 Å². The van der Waals surface area contributed by atoms with Crippen molar-refractivity contribution in [1.29, 1.82) is 0 Å². The molecule has 168 valence electrons. The Morgan fingerprint density at radius 1 is 1.00 bits per heavy atom. The van der Waals surface area contributed by atoms with Crippen LogP contribution in [0.25, 0.3) is 21.7 Å². The van der Waals surface area contributed by atoms with E-state index in [9.17, 15) is 4.79 Å². The van der Waals surface area contributed by atoms with Gasteiger partial charge in [-0.05, 0) is 68.3 Å². The lowest BCUT2D eigenvalue weighted by atomic mass is 10.0. The van der Waals surface area contributed by atoms with E-state index >= 15 is 0 Å². The molecule has 2 heterocycles. The van der Waals surface area contributed by atoms with E-state index in [0.717, 1.165) is 41.7 Å². The minimum Gasteiger partial charge on any atom is -0.543 e. The highest BCUT2D eigenvalue weighted by Gasteiger charge is 2.39. The lowest BCUT2D eigenvalue weighted by molar-refractivity contribution is 0.255. The van der Waals surface area contributed by atoms with Gasteiger partial charge in [0, 0.05) is 22.4 Å². The van der Waals surface area contributed by atoms with Crippen LogP contribution in [-0.4, -0.2) is 32.9 Å². The Balaban J connectivity index is 1.63. The molecule has 2 aromatic carbocycles. The van der Waals surface area contributed by atoms with Crippen LogP contribution in [0.2, 0.25) is 18.1 Å². The van der Waals surface area contributed by atoms with E-state index in [2.05, 4.69) is 50.6 Å². The first-order valence-electron chi connectivity index (χ1n) is 11.5. The van der Waals surface area contributed by atoms with Gasteiger partial charge in [-0.25, -0.2) is 4.79 Å². The predicted molar refractivity (Wildman–Crippen MR) is 135 cm³/mol. The van der Waals surface area contributed by atoms with Gasteiger partial charge in [0.1, 0.15) is 11.3 Å². The molecule has 0 amide bonds. The Hall–Kier alpha value is -2.55. The van der Waals surface area contributed by atoms with Crippen molar-refractivity contribution < 1.29 is 8.84 Å². The number of piperidine rings is 1. The highest BCUT2D eigenvalue weighted by Crippen LogP contribution is 2.38. The van der Waals surface area contributed by atoms with Gasteiger partial charge in [-0.3, -0.25) is 4.90 Å². The first-order chi connectivity index (χ1) is 15.1. The molecule has 0 N–H and O–H groups in total. The third-order valence-electron chi connectivity index (χ3n) is 6.85. The standard InChI is InChI=1S/C27H33NO3Si/c1-27(2,3)32(4,5)31-21-12-14-23-22-13-11-20(10-9-17-28-15-7-6-8-16-28)18-24(22)26(29)30-25(23)19-21/h11-14,18-19H,6-8,15-17H2,1-5H3. The molecule has 0 aliphatic carbocycles. The first kappa shape index (κ1) is 22.6. The van der Waals surface area contributed by atoms with Crippen molar-refractivity contribution in [2.45, 2.75) is 58.2 Å². The van der Waals surface area contributed by atoms with E-state index in [1.54, 1.807) is 0 Å².